The molecular formula is C12H24N2. The van der Waals surface area contributed by atoms with Crippen LogP contribution in [-0.4, -0.2) is 25.2 Å². The van der Waals surface area contributed by atoms with E-state index in [1.807, 2.05) is 0 Å². The molecule has 14 heavy (non-hydrogen) atoms. The Morgan fingerprint density at radius 3 is 2.64 bits per heavy atom. The lowest BCUT2D eigenvalue weighted by atomic mass is 9.80. The van der Waals surface area contributed by atoms with Crippen LogP contribution in [-0.2, 0) is 0 Å². The molecule has 0 amide bonds. The molecule has 2 atom stereocenters. The van der Waals surface area contributed by atoms with Gasteiger partial charge in [-0.3, -0.25) is 0 Å². The molecule has 0 spiro atoms. The minimum Gasteiger partial charge on any atom is -0.317 e. The molecule has 0 aromatic carbocycles. The van der Waals surface area contributed by atoms with E-state index in [0.717, 1.165) is 18.0 Å². The maximum atomic E-state index is 3.82. The Hall–Kier alpha value is -0.0800. The molecule has 2 rings (SSSR count). The van der Waals surface area contributed by atoms with Crippen LogP contribution >= 0.6 is 0 Å². The first kappa shape index (κ1) is 10.4. The molecule has 1 aliphatic heterocycles. The van der Waals surface area contributed by atoms with Crippen LogP contribution < -0.4 is 10.6 Å². The molecule has 1 aliphatic carbocycles. The van der Waals surface area contributed by atoms with Crippen LogP contribution in [0.5, 0.6) is 0 Å². The Balaban J connectivity index is 1.71. The fourth-order valence-corrected chi connectivity index (χ4v) is 2.63. The summed E-state index contributed by atoms with van der Waals surface area (Å²) in [6, 6.07) is 1.53. The van der Waals surface area contributed by atoms with Gasteiger partial charge in [-0.15, -0.1) is 0 Å². The lowest BCUT2D eigenvalue weighted by molar-refractivity contribution is 0.222. The van der Waals surface area contributed by atoms with Crippen molar-refractivity contribution in [1.82, 2.24) is 10.6 Å². The van der Waals surface area contributed by atoms with E-state index in [4.69, 9.17) is 0 Å². The van der Waals surface area contributed by atoms with Gasteiger partial charge < -0.3 is 10.6 Å². The third-order valence-electron chi connectivity index (χ3n) is 3.93. The van der Waals surface area contributed by atoms with Crippen LogP contribution in [0.3, 0.4) is 0 Å². The molecule has 2 unspecified atom stereocenters. The molecule has 2 fully saturated rings. The highest BCUT2D eigenvalue weighted by Gasteiger charge is 2.25. The second kappa shape index (κ2) is 5.13. The van der Waals surface area contributed by atoms with Gasteiger partial charge >= 0.3 is 0 Å². The van der Waals surface area contributed by atoms with E-state index in [2.05, 4.69) is 17.6 Å². The highest BCUT2D eigenvalue weighted by atomic mass is 15.0. The van der Waals surface area contributed by atoms with Crippen molar-refractivity contribution in [3.63, 3.8) is 0 Å². The second-order valence-electron chi connectivity index (χ2n) is 5.02. The van der Waals surface area contributed by atoms with Crippen LogP contribution in [0.15, 0.2) is 0 Å². The average molecular weight is 196 g/mol. The lowest BCUT2D eigenvalue weighted by Crippen LogP contribution is -2.43. The van der Waals surface area contributed by atoms with Crippen LogP contribution in [0, 0.1) is 5.92 Å². The normalized spacial score (nSPS) is 31.9. The monoisotopic (exact) mass is 196 g/mol. The minimum absolute atomic E-state index is 0.756. The van der Waals surface area contributed by atoms with Crippen LogP contribution in [0.25, 0.3) is 0 Å². The third-order valence-corrected chi connectivity index (χ3v) is 3.93. The first-order chi connectivity index (χ1) is 6.86. The number of hydrogen-bond acceptors (Lipinski definition) is 2. The van der Waals surface area contributed by atoms with E-state index in [1.165, 1.54) is 51.6 Å². The maximum absolute atomic E-state index is 3.82. The van der Waals surface area contributed by atoms with Crippen LogP contribution in [0.4, 0.5) is 0 Å². The first-order valence-electron chi connectivity index (χ1n) is 6.33. The van der Waals surface area contributed by atoms with Gasteiger partial charge in [0.25, 0.3) is 0 Å². The molecule has 1 saturated carbocycles. The van der Waals surface area contributed by atoms with Gasteiger partial charge in [0.2, 0.25) is 0 Å². The minimum atomic E-state index is 0.756. The summed E-state index contributed by atoms with van der Waals surface area (Å²) in [6.45, 7) is 4.80. The molecule has 2 N–H and O–H groups in total. The molecule has 1 heterocycles. The molecule has 0 radical (unpaired) electrons. The van der Waals surface area contributed by atoms with E-state index < -0.39 is 0 Å². The first-order valence-corrected chi connectivity index (χ1v) is 6.33. The third kappa shape index (κ3) is 2.71. The largest absolute Gasteiger partial charge is 0.317 e. The summed E-state index contributed by atoms with van der Waals surface area (Å²) in [6.07, 6.45) is 8.40. The van der Waals surface area contributed by atoms with Crippen molar-refractivity contribution in [2.75, 3.05) is 13.1 Å². The van der Waals surface area contributed by atoms with Gasteiger partial charge in [0.05, 0.1) is 0 Å². The Morgan fingerprint density at radius 1 is 1.07 bits per heavy atom. The summed E-state index contributed by atoms with van der Waals surface area (Å²) >= 11 is 0. The Labute approximate surface area is 87.8 Å². The van der Waals surface area contributed by atoms with E-state index in [1.54, 1.807) is 0 Å². The van der Waals surface area contributed by atoms with Crippen LogP contribution in [0.2, 0.25) is 0 Å². The van der Waals surface area contributed by atoms with Crippen molar-refractivity contribution >= 4 is 0 Å². The Bertz CT molecular complexity index is 158. The van der Waals surface area contributed by atoms with E-state index in [-0.39, 0.29) is 0 Å². The molecular weight excluding hydrogens is 172 g/mol. The van der Waals surface area contributed by atoms with Gasteiger partial charge in [-0.1, -0.05) is 6.42 Å². The van der Waals surface area contributed by atoms with E-state index in [0.29, 0.717) is 0 Å². The van der Waals surface area contributed by atoms with Gasteiger partial charge in [0.15, 0.2) is 0 Å². The molecule has 1 saturated heterocycles. The van der Waals surface area contributed by atoms with Gasteiger partial charge in [-0.25, -0.2) is 0 Å². The zero-order chi connectivity index (χ0) is 9.80. The summed E-state index contributed by atoms with van der Waals surface area (Å²) in [5, 5.41) is 7.29. The van der Waals surface area contributed by atoms with Crippen LogP contribution in [0.1, 0.15) is 45.4 Å². The predicted molar refractivity (Wildman–Crippen MR) is 60.4 cm³/mol. The molecule has 2 aliphatic rings. The van der Waals surface area contributed by atoms with Crippen molar-refractivity contribution in [1.29, 1.82) is 0 Å². The Kier molecular flexibility index (Phi) is 3.82. The summed E-state index contributed by atoms with van der Waals surface area (Å²) in [4.78, 5) is 0. The van der Waals surface area contributed by atoms with Crippen molar-refractivity contribution in [2.45, 2.75) is 57.5 Å². The highest BCUT2D eigenvalue weighted by Crippen LogP contribution is 2.29. The molecule has 0 aromatic rings. The number of hydrogen-bond donors (Lipinski definition) is 2. The zero-order valence-corrected chi connectivity index (χ0v) is 9.39. The predicted octanol–water partition coefficient (Wildman–Crippen LogP) is 1.91. The fourth-order valence-electron chi connectivity index (χ4n) is 2.63. The standard InChI is InChI=1S/C12H24N2/c1-10(11-4-2-5-11)14-12-6-3-8-13-9-7-12/h10-14H,2-9H2,1H3. The van der Waals surface area contributed by atoms with Gasteiger partial charge in [0.1, 0.15) is 0 Å². The highest BCUT2D eigenvalue weighted by molar-refractivity contribution is 4.83. The fraction of sp³-hybridized carbons (Fsp3) is 1.00. The average Bonchev–Trinajstić information content (AvgIpc) is 2.29. The molecule has 0 aromatic heterocycles. The number of rotatable bonds is 3. The summed E-state index contributed by atoms with van der Waals surface area (Å²) in [5.74, 6) is 0.978. The number of nitrogens with one attached hydrogen (secondary N) is 2. The lowest BCUT2D eigenvalue weighted by Gasteiger charge is -2.34. The zero-order valence-electron chi connectivity index (χ0n) is 9.39. The summed E-state index contributed by atoms with van der Waals surface area (Å²) in [5.41, 5.74) is 0. The summed E-state index contributed by atoms with van der Waals surface area (Å²) < 4.78 is 0. The SMILES string of the molecule is CC(NC1CCCNCC1)C1CCC1. The summed E-state index contributed by atoms with van der Waals surface area (Å²) in [7, 11) is 0. The maximum Gasteiger partial charge on any atom is 0.00822 e. The van der Waals surface area contributed by atoms with Crippen molar-refractivity contribution in [3.8, 4) is 0 Å². The van der Waals surface area contributed by atoms with Gasteiger partial charge in [-0.2, -0.15) is 0 Å². The van der Waals surface area contributed by atoms with Crippen molar-refractivity contribution in [2.24, 2.45) is 5.92 Å². The van der Waals surface area contributed by atoms with Crippen molar-refractivity contribution in [3.05, 3.63) is 0 Å². The smallest absolute Gasteiger partial charge is 0.00822 e. The van der Waals surface area contributed by atoms with Gasteiger partial charge in [-0.05, 0) is 58.0 Å². The molecule has 82 valence electrons. The molecule has 2 heteroatoms. The molecule has 2 nitrogen and oxygen atoms in total. The van der Waals surface area contributed by atoms with Crippen molar-refractivity contribution < 1.29 is 0 Å². The van der Waals surface area contributed by atoms with Gasteiger partial charge in [0, 0.05) is 12.1 Å². The second-order valence-corrected chi connectivity index (χ2v) is 5.02. The van der Waals surface area contributed by atoms with E-state index >= 15 is 0 Å². The topological polar surface area (TPSA) is 24.1 Å². The molecule has 0 bridgehead atoms. The Morgan fingerprint density at radius 2 is 1.93 bits per heavy atom. The van der Waals surface area contributed by atoms with E-state index in [9.17, 15) is 0 Å². The quantitative estimate of drug-likeness (QED) is 0.720.